The van der Waals surface area contributed by atoms with E-state index in [0.29, 0.717) is 23.0 Å². The van der Waals surface area contributed by atoms with Crippen molar-refractivity contribution in [1.29, 1.82) is 0 Å². The lowest BCUT2D eigenvalue weighted by Crippen LogP contribution is -2.27. The van der Waals surface area contributed by atoms with E-state index in [9.17, 15) is 26.2 Å². The number of nitrogens with one attached hydrogen (secondary N) is 2. The first kappa shape index (κ1) is 31.3. The summed E-state index contributed by atoms with van der Waals surface area (Å²) in [7, 11) is -5.74. The minimum absolute atomic E-state index is 0.000243. The molecule has 218 valence electrons. The fraction of sp³-hybridized carbons (Fsp3) is 0.375. The Morgan fingerprint density at radius 1 is 1.07 bits per heavy atom. The Labute approximate surface area is 230 Å². The predicted molar refractivity (Wildman–Crippen MR) is 146 cm³/mol. The van der Waals surface area contributed by atoms with Crippen LogP contribution in [0.4, 0.5) is 36.4 Å². The quantitative estimate of drug-likeness (QED) is 0.245. The molecule has 0 bridgehead atoms. The Hall–Kier alpha value is -3.26. The van der Waals surface area contributed by atoms with Crippen LogP contribution in [0.5, 0.6) is 0 Å². The van der Waals surface area contributed by atoms with Gasteiger partial charge in [-0.2, -0.15) is 18.2 Å². The Morgan fingerprint density at radius 3 is 2.40 bits per heavy atom. The van der Waals surface area contributed by atoms with E-state index < -0.39 is 35.2 Å². The van der Waals surface area contributed by atoms with Crippen molar-refractivity contribution >= 4 is 40.9 Å². The number of halogens is 3. The van der Waals surface area contributed by atoms with Crippen LogP contribution in [0.15, 0.2) is 48.8 Å². The van der Waals surface area contributed by atoms with Crippen molar-refractivity contribution in [2.45, 2.75) is 32.7 Å². The first-order valence-electron chi connectivity index (χ1n) is 12.1. The summed E-state index contributed by atoms with van der Waals surface area (Å²) >= 11 is 0. The fourth-order valence-electron chi connectivity index (χ4n) is 3.59. The van der Waals surface area contributed by atoms with Crippen molar-refractivity contribution < 1.29 is 35.2 Å². The highest BCUT2D eigenvalue weighted by molar-refractivity contribution is 7.92. The zero-order valence-corrected chi connectivity index (χ0v) is 24.0. The van der Waals surface area contributed by atoms with E-state index in [0.717, 1.165) is 10.6 Å². The van der Waals surface area contributed by atoms with Gasteiger partial charge in [0.15, 0.2) is 0 Å². The molecule has 16 heteroatoms. The molecule has 2 heterocycles. The molecular formula is C24H30F3N6O5PS. The molecule has 0 unspecified atom stereocenters. The number of rotatable bonds is 13. The maximum atomic E-state index is 13.7. The maximum Gasteiger partial charge on any atom is 0.421 e. The molecule has 40 heavy (non-hydrogen) atoms. The van der Waals surface area contributed by atoms with Crippen LogP contribution in [0, 0.1) is 0 Å². The molecule has 2 aromatic heterocycles. The van der Waals surface area contributed by atoms with Crippen LogP contribution in [-0.4, -0.2) is 49.9 Å². The van der Waals surface area contributed by atoms with Gasteiger partial charge in [-0.15, -0.1) is 0 Å². The van der Waals surface area contributed by atoms with E-state index in [2.05, 4.69) is 25.6 Å². The highest BCUT2D eigenvalue weighted by atomic mass is 32.2. The lowest BCUT2D eigenvalue weighted by Gasteiger charge is -2.20. The van der Waals surface area contributed by atoms with Crippen molar-refractivity contribution in [2.24, 2.45) is 0 Å². The van der Waals surface area contributed by atoms with E-state index in [1.165, 1.54) is 19.3 Å². The van der Waals surface area contributed by atoms with Crippen molar-refractivity contribution in [1.82, 2.24) is 15.0 Å². The average molecular weight is 603 g/mol. The summed E-state index contributed by atoms with van der Waals surface area (Å²) in [5.41, 5.74) is 0.271. The summed E-state index contributed by atoms with van der Waals surface area (Å²) in [4.78, 5) is 11.9. The van der Waals surface area contributed by atoms with Crippen LogP contribution in [0.2, 0.25) is 0 Å². The van der Waals surface area contributed by atoms with Gasteiger partial charge >= 0.3 is 13.8 Å². The second-order valence-electron chi connectivity index (χ2n) is 8.45. The fourth-order valence-corrected chi connectivity index (χ4v) is 5.76. The number of hydrogen-bond acceptors (Lipinski definition) is 10. The third-order valence-electron chi connectivity index (χ3n) is 5.41. The zero-order valence-electron chi connectivity index (χ0n) is 22.3. The first-order chi connectivity index (χ1) is 18.8. The summed E-state index contributed by atoms with van der Waals surface area (Å²) in [5.74, 6) is -0.591. The van der Waals surface area contributed by atoms with Crippen molar-refractivity contribution in [2.75, 3.05) is 41.5 Å². The molecule has 0 saturated carbocycles. The summed E-state index contributed by atoms with van der Waals surface area (Å²) in [6.07, 6.45) is -1.75. The highest BCUT2D eigenvalue weighted by Crippen LogP contribution is 2.51. The third kappa shape index (κ3) is 8.37. The van der Waals surface area contributed by atoms with Crippen molar-refractivity contribution in [3.63, 3.8) is 0 Å². The molecule has 3 rings (SSSR count). The third-order valence-corrected chi connectivity index (χ3v) is 8.64. The maximum absolute atomic E-state index is 13.7. The number of benzene rings is 1. The Balaban J connectivity index is 1.87. The van der Waals surface area contributed by atoms with E-state index in [1.54, 1.807) is 44.2 Å². The lowest BCUT2D eigenvalue weighted by molar-refractivity contribution is -0.137. The minimum Gasteiger partial charge on any atom is -0.365 e. The summed E-state index contributed by atoms with van der Waals surface area (Å²) in [6.45, 7) is 3.61. The van der Waals surface area contributed by atoms with Crippen LogP contribution < -0.4 is 14.9 Å². The van der Waals surface area contributed by atoms with Gasteiger partial charge in [0.05, 0.1) is 25.6 Å². The number of aromatic nitrogens is 3. The molecule has 0 amide bonds. The van der Waals surface area contributed by atoms with E-state index in [1.807, 2.05) is 0 Å². The topological polar surface area (TPSA) is 136 Å². The van der Waals surface area contributed by atoms with Crippen LogP contribution in [-0.2, 0) is 42.5 Å². The van der Waals surface area contributed by atoms with Gasteiger partial charge in [-0.3, -0.25) is 8.87 Å². The molecule has 3 aromatic rings. The molecule has 0 aliphatic carbocycles. The van der Waals surface area contributed by atoms with Crippen molar-refractivity contribution in [3.05, 3.63) is 65.5 Å². The molecule has 0 saturated heterocycles. The Bertz CT molecular complexity index is 1470. The van der Waals surface area contributed by atoms with E-state index in [4.69, 9.17) is 9.05 Å². The van der Waals surface area contributed by atoms with Crippen molar-refractivity contribution in [3.8, 4) is 0 Å². The monoisotopic (exact) mass is 602 g/mol. The zero-order chi connectivity index (χ0) is 29.6. The number of alkyl halides is 3. The number of sulfonamides is 1. The van der Waals surface area contributed by atoms with Crippen LogP contribution >= 0.6 is 7.60 Å². The second-order valence-corrected chi connectivity index (χ2v) is 12.5. The SMILES string of the molecule is CCOP(=O)(Cc1cccc(Nc2ncc(C(F)(F)F)c(NCc3cccnc3N(C)S(C)(=O)=O)n2)c1)OCC. The van der Waals surface area contributed by atoms with Gasteiger partial charge in [-0.1, -0.05) is 18.2 Å². The molecule has 0 fully saturated rings. The molecular weight excluding hydrogens is 572 g/mol. The molecule has 0 spiro atoms. The van der Waals surface area contributed by atoms with Gasteiger partial charge in [0.25, 0.3) is 0 Å². The lowest BCUT2D eigenvalue weighted by atomic mass is 10.2. The average Bonchev–Trinajstić information content (AvgIpc) is 2.86. The van der Waals surface area contributed by atoms with Crippen LogP contribution in [0.3, 0.4) is 0 Å². The highest BCUT2D eigenvalue weighted by Gasteiger charge is 2.35. The number of nitrogens with zero attached hydrogens (tertiary/aromatic N) is 4. The number of pyridine rings is 1. The van der Waals surface area contributed by atoms with Gasteiger partial charge in [0.1, 0.15) is 17.2 Å². The van der Waals surface area contributed by atoms with Gasteiger partial charge in [0, 0.05) is 37.2 Å². The standard InChI is InChI=1S/C24H30F3N6O5PS/c1-5-37-39(34,38-6-2)16-17-9-7-11-19(13-17)31-23-30-15-20(24(25,26)27)21(32-23)29-14-18-10-8-12-28-22(18)33(3)40(4,35)36/h7-13,15H,5-6,14,16H2,1-4H3,(H2,29,30,31,32). The van der Waals surface area contributed by atoms with E-state index in [-0.39, 0.29) is 37.7 Å². The predicted octanol–water partition coefficient (Wildman–Crippen LogP) is 5.41. The molecule has 1 aromatic carbocycles. The molecule has 11 nitrogen and oxygen atoms in total. The van der Waals surface area contributed by atoms with Gasteiger partial charge in [-0.25, -0.2) is 18.4 Å². The van der Waals surface area contributed by atoms with E-state index >= 15 is 0 Å². The number of anilines is 4. The first-order valence-corrected chi connectivity index (χ1v) is 15.6. The smallest absolute Gasteiger partial charge is 0.365 e. The van der Waals surface area contributed by atoms with Gasteiger partial charge in [0.2, 0.25) is 16.0 Å². The Kier molecular flexibility index (Phi) is 10.1. The van der Waals surface area contributed by atoms with Crippen LogP contribution in [0.25, 0.3) is 0 Å². The molecule has 0 aliphatic rings. The minimum atomic E-state index is -4.76. The number of hydrogen-bond donors (Lipinski definition) is 2. The largest absolute Gasteiger partial charge is 0.421 e. The normalized spacial score (nSPS) is 12.3. The summed E-state index contributed by atoms with van der Waals surface area (Å²) in [6, 6.07) is 9.76. The molecule has 2 N–H and O–H groups in total. The molecule has 0 aliphatic heterocycles. The van der Waals surface area contributed by atoms with Gasteiger partial charge < -0.3 is 19.7 Å². The Morgan fingerprint density at radius 2 is 1.77 bits per heavy atom. The van der Waals surface area contributed by atoms with Crippen LogP contribution in [0.1, 0.15) is 30.5 Å². The second kappa shape index (κ2) is 12.9. The molecule has 0 radical (unpaired) electrons. The molecule has 0 atom stereocenters. The summed E-state index contributed by atoms with van der Waals surface area (Å²) < 4.78 is 89.7. The summed E-state index contributed by atoms with van der Waals surface area (Å²) in [5, 5.41) is 5.50. The van der Waals surface area contributed by atoms with Gasteiger partial charge in [-0.05, 0) is 37.6 Å².